The lowest BCUT2D eigenvalue weighted by atomic mass is 10.0. The van der Waals surface area contributed by atoms with Crippen LogP contribution in [0.5, 0.6) is 0 Å². The lowest BCUT2D eigenvalue weighted by Gasteiger charge is -2.13. The van der Waals surface area contributed by atoms with Gasteiger partial charge >= 0.3 is 0 Å². The van der Waals surface area contributed by atoms with E-state index in [-0.39, 0.29) is 5.91 Å². The molecule has 0 bridgehead atoms. The molecule has 0 saturated heterocycles. The minimum atomic E-state index is -0.131. The largest absolute Gasteiger partial charge is 0.320 e. The molecule has 0 fully saturated rings. The van der Waals surface area contributed by atoms with Gasteiger partial charge in [-0.2, -0.15) is 0 Å². The van der Waals surface area contributed by atoms with E-state index in [1.165, 1.54) is 5.56 Å². The zero-order chi connectivity index (χ0) is 15.0. The molecule has 0 spiro atoms. The van der Waals surface area contributed by atoms with Crippen molar-refractivity contribution in [3.8, 4) is 0 Å². The van der Waals surface area contributed by atoms with E-state index >= 15 is 0 Å². The second-order valence-corrected chi connectivity index (χ2v) is 5.29. The Bertz CT molecular complexity index is 810. The van der Waals surface area contributed by atoms with Crippen LogP contribution >= 0.6 is 0 Å². The number of nitrogens with zero attached hydrogens (tertiary/aromatic N) is 2. The summed E-state index contributed by atoms with van der Waals surface area (Å²) in [6.45, 7) is 6.07. The van der Waals surface area contributed by atoms with Gasteiger partial charge in [-0.3, -0.25) is 9.20 Å². The molecule has 4 heteroatoms. The molecule has 2 aromatic heterocycles. The molecule has 0 aliphatic heterocycles. The minimum Gasteiger partial charge on any atom is -0.320 e. The minimum absolute atomic E-state index is 0.131. The Kier molecular flexibility index (Phi) is 3.22. The lowest BCUT2D eigenvalue weighted by molar-refractivity contribution is 0.102. The maximum absolute atomic E-state index is 12.6. The fraction of sp³-hybridized carbons (Fsp3) is 0.176. The van der Waals surface area contributed by atoms with Crippen molar-refractivity contribution in [3.63, 3.8) is 0 Å². The molecular formula is C17H17N3O. The highest BCUT2D eigenvalue weighted by Crippen LogP contribution is 2.22. The van der Waals surface area contributed by atoms with E-state index in [0.717, 1.165) is 22.5 Å². The van der Waals surface area contributed by atoms with E-state index in [4.69, 9.17) is 0 Å². The summed E-state index contributed by atoms with van der Waals surface area (Å²) in [5.74, 6) is -0.131. The highest BCUT2D eigenvalue weighted by Gasteiger charge is 2.13. The van der Waals surface area contributed by atoms with Crippen LogP contribution in [0.2, 0.25) is 0 Å². The topological polar surface area (TPSA) is 46.4 Å². The maximum atomic E-state index is 12.6. The summed E-state index contributed by atoms with van der Waals surface area (Å²) in [5.41, 5.74) is 5.55. The van der Waals surface area contributed by atoms with Gasteiger partial charge in [0.15, 0.2) is 0 Å². The summed E-state index contributed by atoms with van der Waals surface area (Å²) in [6.07, 6.45) is 3.48. The summed E-state index contributed by atoms with van der Waals surface area (Å²) < 4.78 is 1.79. The van der Waals surface area contributed by atoms with Crippen molar-refractivity contribution in [1.29, 1.82) is 0 Å². The number of imidazole rings is 1. The molecule has 3 rings (SSSR count). The fourth-order valence-corrected chi connectivity index (χ4v) is 2.69. The first kappa shape index (κ1) is 13.4. The van der Waals surface area contributed by atoms with Gasteiger partial charge in [0.05, 0.1) is 0 Å². The standard InChI is InChI=1S/C17H17N3O/c1-11-9-12(2)16(13(3)10-11)19-17(21)14-5-4-6-15-18-7-8-20(14)15/h4-10H,1-3H3,(H,19,21). The second-order valence-electron chi connectivity index (χ2n) is 5.29. The molecule has 21 heavy (non-hydrogen) atoms. The first-order valence-electron chi connectivity index (χ1n) is 6.87. The van der Waals surface area contributed by atoms with Crippen LogP contribution in [0.1, 0.15) is 27.2 Å². The first-order chi connectivity index (χ1) is 10.1. The molecule has 0 aliphatic carbocycles. The van der Waals surface area contributed by atoms with Gasteiger partial charge in [-0.25, -0.2) is 4.98 Å². The molecule has 1 N–H and O–H groups in total. The van der Waals surface area contributed by atoms with Crippen LogP contribution in [-0.2, 0) is 0 Å². The summed E-state index contributed by atoms with van der Waals surface area (Å²) in [7, 11) is 0. The maximum Gasteiger partial charge on any atom is 0.272 e. The molecule has 1 amide bonds. The van der Waals surface area contributed by atoms with Crippen molar-refractivity contribution in [2.45, 2.75) is 20.8 Å². The Morgan fingerprint density at radius 1 is 1.14 bits per heavy atom. The SMILES string of the molecule is Cc1cc(C)c(NC(=O)c2cccc3nccn23)c(C)c1. The van der Waals surface area contributed by atoms with Gasteiger partial charge in [-0.15, -0.1) is 0 Å². The molecule has 106 valence electrons. The summed E-state index contributed by atoms with van der Waals surface area (Å²) in [5, 5.41) is 3.02. The third-order valence-electron chi connectivity index (χ3n) is 3.58. The van der Waals surface area contributed by atoms with Gasteiger partial charge in [0.1, 0.15) is 11.3 Å². The number of nitrogens with one attached hydrogen (secondary N) is 1. The third kappa shape index (κ3) is 2.40. The predicted octanol–water partition coefficient (Wildman–Crippen LogP) is 3.51. The van der Waals surface area contributed by atoms with E-state index in [1.54, 1.807) is 22.9 Å². The molecule has 0 aliphatic rings. The van der Waals surface area contributed by atoms with Crippen LogP contribution in [0.4, 0.5) is 5.69 Å². The zero-order valence-electron chi connectivity index (χ0n) is 12.3. The predicted molar refractivity (Wildman–Crippen MR) is 83.8 cm³/mol. The average molecular weight is 279 g/mol. The number of pyridine rings is 1. The average Bonchev–Trinajstić information content (AvgIpc) is 2.90. The molecule has 0 unspecified atom stereocenters. The molecular weight excluding hydrogens is 262 g/mol. The van der Waals surface area contributed by atoms with Gasteiger partial charge in [0, 0.05) is 18.1 Å². The van der Waals surface area contributed by atoms with Crippen LogP contribution in [0.15, 0.2) is 42.7 Å². The Balaban J connectivity index is 1.99. The number of fused-ring (bicyclic) bond motifs is 1. The Labute approximate surface area is 123 Å². The molecule has 0 radical (unpaired) electrons. The molecule has 0 saturated carbocycles. The molecule has 3 aromatic rings. The molecule has 4 nitrogen and oxygen atoms in total. The number of hydrogen-bond acceptors (Lipinski definition) is 2. The van der Waals surface area contributed by atoms with Crippen molar-refractivity contribution in [3.05, 3.63) is 65.1 Å². The van der Waals surface area contributed by atoms with Crippen molar-refractivity contribution >= 4 is 17.2 Å². The van der Waals surface area contributed by atoms with Crippen LogP contribution in [0.3, 0.4) is 0 Å². The lowest BCUT2D eigenvalue weighted by Crippen LogP contribution is -2.17. The van der Waals surface area contributed by atoms with E-state index in [0.29, 0.717) is 5.69 Å². The van der Waals surface area contributed by atoms with E-state index in [9.17, 15) is 4.79 Å². The number of aromatic nitrogens is 2. The summed E-state index contributed by atoms with van der Waals surface area (Å²) in [6, 6.07) is 9.65. The third-order valence-corrected chi connectivity index (χ3v) is 3.58. The number of benzene rings is 1. The Hall–Kier alpha value is -2.62. The number of carbonyl (C=O) groups excluding carboxylic acids is 1. The summed E-state index contributed by atoms with van der Waals surface area (Å²) >= 11 is 0. The van der Waals surface area contributed by atoms with Gasteiger partial charge in [0.25, 0.3) is 5.91 Å². The van der Waals surface area contributed by atoms with Crippen molar-refractivity contribution in [2.24, 2.45) is 0 Å². The number of rotatable bonds is 2. The number of amides is 1. The number of carbonyl (C=O) groups is 1. The highest BCUT2D eigenvalue weighted by atomic mass is 16.1. The van der Waals surface area contributed by atoms with Crippen LogP contribution in [0.25, 0.3) is 5.65 Å². The Morgan fingerprint density at radius 3 is 2.57 bits per heavy atom. The fourth-order valence-electron chi connectivity index (χ4n) is 2.69. The van der Waals surface area contributed by atoms with E-state index < -0.39 is 0 Å². The van der Waals surface area contributed by atoms with E-state index in [1.807, 2.05) is 26.0 Å². The number of anilines is 1. The zero-order valence-corrected chi connectivity index (χ0v) is 12.3. The smallest absolute Gasteiger partial charge is 0.272 e. The van der Waals surface area contributed by atoms with E-state index in [2.05, 4.69) is 29.4 Å². The first-order valence-corrected chi connectivity index (χ1v) is 6.87. The Morgan fingerprint density at radius 2 is 1.86 bits per heavy atom. The molecule has 2 heterocycles. The highest BCUT2D eigenvalue weighted by molar-refractivity contribution is 6.04. The van der Waals surface area contributed by atoms with Crippen molar-refractivity contribution < 1.29 is 4.79 Å². The van der Waals surface area contributed by atoms with Crippen molar-refractivity contribution in [2.75, 3.05) is 5.32 Å². The number of hydrogen-bond donors (Lipinski definition) is 1. The van der Waals surface area contributed by atoms with Gasteiger partial charge in [0.2, 0.25) is 0 Å². The second kappa shape index (κ2) is 5.05. The normalized spacial score (nSPS) is 10.8. The summed E-state index contributed by atoms with van der Waals surface area (Å²) in [4.78, 5) is 16.8. The monoisotopic (exact) mass is 279 g/mol. The van der Waals surface area contributed by atoms with Gasteiger partial charge in [-0.1, -0.05) is 23.8 Å². The molecule has 0 atom stereocenters. The van der Waals surface area contributed by atoms with Gasteiger partial charge < -0.3 is 5.32 Å². The van der Waals surface area contributed by atoms with Crippen LogP contribution < -0.4 is 5.32 Å². The quantitative estimate of drug-likeness (QED) is 0.780. The van der Waals surface area contributed by atoms with Gasteiger partial charge in [-0.05, 0) is 44.0 Å². The number of aryl methyl sites for hydroxylation is 3. The van der Waals surface area contributed by atoms with Crippen molar-refractivity contribution in [1.82, 2.24) is 9.38 Å². The van der Waals surface area contributed by atoms with Crippen LogP contribution in [-0.4, -0.2) is 15.3 Å². The van der Waals surface area contributed by atoms with Crippen LogP contribution in [0, 0.1) is 20.8 Å². The molecule has 1 aromatic carbocycles.